The number of benzene rings is 2. The summed E-state index contributed by atoms with van der Waals surface area (Å²) >= 11 is 6.03. The Labute approximate surface area is 136 Å². The highest BCUT2D eigenvalue weighted by molar-refractivity contribution is 6.33. The van der Waals surface area contributed by atoms with Crippen LogP contribution in [0.25, 0.3) is 0 Å². The molecule has 0 bridgehead atoms. The molecule has 2 aromatic rings. The quantitative estimate of drug-likeness (QED) is 0.745. The smallest absolute Gasteiger partial charge is 0.307 e. The molecular weight excluding hydrogens is 296 g/mol. The lowest BCUT2D eigenvalue weighted by atomic mass is 9.86. The first-order chi connectivity index (χ1) is 10.3. The standard InChI is InChI=1S/C18H21ClN2O/c1-12-11-13(18(2,3)4)9-10-15(12)20-17(22)21-16-8-6-5-7-14(16)19/h5-11H,1-4H3,(H2,20,21,22). The second kappa shape index (κ2) is 6.41. The SMILES string of the molecule is Cc1cc(C(C)(C)C)ccc1NC(=O)Nc1ccccc1Cl. The van der Waals surface area contributed by atoms with E-state index in [-0.39, 0.29) is 11.4 Å². The van der Waals surface area contributed by atoms with Crippen LogP contribution in [0.4, 0.5) is 16.2 Å². The Morgan fingerprint density at radius 2 is 1.64 bits per heavy atom. The Kier molecular flexibility index (Phi) is 4.77. The minimum atomic E-state index is -0.306. The maximum absolute atomic E-state index is 12.1. The van der Waals surface area contributed by atoms with E-state index in [0.29, 0.717) is 10.7 Å². The lowest BCUT2D eigenvalue weighted by molar-refractivity contribution is 0.262. The molecule has 2 aromatic carbocycles. The average Bonchev–Trinajstić information content (AvgIpc) is 2.42. The zero-order chi connectivity index (χ0) is 16.3. The van der Waals surface area contributed by atoms with Crippen molar-refractivity contribution in [2.45, 2.75) is 33.1 Å². The molecule has 0 aromatic heterocycles. The first kappa shape index (κ1) is 16.4. The van der Waals surface area contributed by atoms with Gasteiger partial charge in [-0.3, -0.25) is 0 Å². The summed E-state index contributed by atoms with van der Waals surface area (Å²) in [6.07, 6.45) is 0. The van der Waals surface area contributed by atoms with Gasteiger partial charge in [0.2, 0.25) is 0 Å². The van der Waals surface area contributed by atoms with Gasteiger partial charge in [0.15, 0.2) is 0 Å². The van der Waals surface area contributed by atoms with E-state index in [1.54, 1.807) is 12.1 Å². The number of aryl methyl sites for hydroxylation is 1. The molecule has 0 saturated heterocycles. The summed E-state index contributed by atoms with van der Waals surface area (Å²) in [5.74, 6) is 0. The molecule has 0 saturated carbocycles. The van der Waals surface area contributed by atoms with E-state index in [4.69, 9.17) is 11.6 Å². The van der Waals surface area contributed by atoms with Gasteiger partial charge in [0.1, 0.15) is 0 Å². The number of para-hydroxylation sites is 1. The summed E-state index contributed by atoms with van der Waals surface area (Å²) < 4.78 is 0. The molecule has 2 rings (SSSR count). The van der Waals surface area contributed by atoms with Gasteiger partial charge in [-0.1, -0.05) is 56.6 Å². The fraction of sp³-hybridized carbons (Fsp3) is 0.278. The molecule has 0 fully saturated rings. The first-order valence-electron chi connectivity index (χ1n) is 7.21. The Bertz CT molecular complexity index is 690. The fourth-order valence-corrected chi connectivity index (χ4v) is 2.29. The van der Waals surface area contributed by atoms with Crippen molar-refractivity contribution in [3.05, 3.63) is 58.6 Å². The van der Waals surface area contributed by atoms with E-state index in [2.05, 4.69) is 37.5 Å². The van der Waals surface area contributed by atoms with Crippen LogP contribution in [0.3, 0.4) is 0 Å². The minimum absolute atomic E-state index is 0.0864. The predicted octanol–water partition coefficient (Wildman–Crippen LogP) is 5.59. The van der Waals surface area contributed by atoms with Crippen molar-refractivity contribution in [1.82, 2.24) is 0 Å². The minimum Gasteiger partial charge on any atom is -0.307 e. The molecule has 0 heterocycles. The van der Waals surface area contributed by atoms with Crippen molar-refractivity contribution in [2.24, 2.45) is 0 Å². The van der Waals surface area contributed by atoms with Gasteiger partial charge in [-0.25, -0.2) is 4.79 Å². The Morgan fingerprint density at radius 3 is 2.23 bits per heavy atom. The van der Waals surface area contributed by atoms with Gasteiger partial charge in [0, 0.05) is 5.69 Å². The van der Waals surface area contributed by atoms with Crippen LogP contribution in [0.2, 0.25) is 5.02 Å². The molecule has 0 atom stereocenters. The van der Waals surface area contributed by atoms with Crippen molar-refractivity contribution >= 4 is 29.0 Å². The number of anilines is 2. The number of urea groups is 1. The lowest BCUT2D eigenvalue weighted by Crippen LogP contribution is -2.20. The third kappa shape index (κ3) is 4.01. The fourth-order valence-electron chi connectivity index (χ4n) is 2.11. The van der Waals surface area contributed by atoms with Crippen LogP contribution in [0, 0.1) is 6.92 Å². The van der Waals surface area contributed by atoms with Crippen LogP contribution in [0.1, 0.15) is 31.9 Å². The molecule has 22 heavy (non-hydrogen) atoms. The third-order valence-corrected chi connectivity index (χ3v) is 3.79. The third-order valence-electron chi connectivity index (χ3n) is 3.46. The summed E-state index contributed by atoms with van der Waals surface area (Å²) in [5, 5.41) is 6.12. The second-order valence-electron chi connectivity index (χ2n) is 6.34. The number of hydrogen-bond acceptors (Lipinski definition) is 1. The van der Waals surface area contributed by atoms with Gasteiger partial charge in [-0.2, -0.15) is 0 Å². The maximum atomic E-state index is 12.1. The summed E-state index contributed by atoms with van der Waals surface area (Å²) in [7, 11) is 0. The zero-order valence-corrected chi connectivity index (χ0v) is 14.1. The van der Waals surface area contributed by atoms with Gasteiger partial charge in [-0.15, -0.1) is 0 Å². The normalized spacial score (nSPS) is 11.1. The molecule has 4 heteroatoms. The zero-order valence-electron chi connectivity index (χ0n) is 13.3. The Morgan fingerprint density at radius 1 is 1.00 bits per heavy atom. The van der Waals surface area contributed by atoms with Gasteiger partial charge in [-0.05, 0) is 41.7 Å². The van der Waals surface area contributed by atoms with E-state index in [1.807, 2.05) is 31.2 Å². The van der Waals surface area contributed by atoms with Crippen LogP contribution in [-0.2, 0) is 5.41 Å². The van der Waals surface area contributed by atoms with Crippen molar-refractivity contribution in [1.29, 1.82) is 0 Å². The summed E-state index contributed by atoms with van der Waals surface area (Å²) in [6, 6.07) is 12.9. The summed E-state index contributed by atoms with van der Waals surface area (Å²) in [6.45, 7) is 8.48. The van der Waals surface area contributed by atoms with Crippen LogP contribution in [0.15, 0.2) is 42.5 Å². The molecule has 3 nitrogen and oxygen atoms in total. The second-order valence-corrected chi connectivity index (χ2v) is 6.75. The van der Waals surface area contributed by atoms with E-state index in [0.717, 1.165) is 11.3 Å². The topological polar surface area (TPSA) is 41.1 Å². The predicted molar refractivity (Wildman–Crippen MR) is 94.0 cm³/mol. The van der Waals surface area contributed by atoms with Gasteiger partial charge in [0.25, 0.3) is 0 Å². The highest BCUT2D eigenvalue weighted by Crippen LogP contribution is 2.27. The van der Waals surface area contributed by atoms with E-state index in [1.165, 1.54) is 5.56 Å². The highest BCUT2D eigenvalue weighted by Gasteiger charge is 2.15. The number of carbonyl (C=O) groups excluding carboxylic acids is 1. The molecule has 0 unspecified atom stereocenters. The number of hydrogen-bond donors (Lipinski definition) is 2. The van der Waals surface area contributed by atoms with Crippen molar-refractivity contribution in [3.63, 3.8) is 0 Å². The number of amides is 2. The molecule has 116 valence electrons. The lowest BCUT2D eigenvalue weighted by Gasteiger charge is -2.20. The molecule has 2 amide bonds. The van der Waals surface area contributed by atoms with E-state index >= 15 is 0 Å². The number of rotatable bonds is 2. The number of nitrogens with one attached hydrogen (secondary N) is 2. The van der Waals surface area contributed by atoms with Crippen LogP contribution in [-0.4, -0.2) is 6.03 Å². The van der Waals surface area contributed by atoms with E-state index in [9.17, 15) is 4.79 Å². The Balaban J connectivity index is 2.11. The van der Waals surface area contributed by atoms with Gasteiger partial charge in [0.05, 0.1) is 10.7 Å². The largest absolute Gasteiger partial charge is 0.323 e. The summed E-state index contributed by atoms with van der Waals surface area (Å²) in [5.41, 5.74) is 3.73. The molecule has 0 spiro atoms. The molecule has 0 aliphatic heterocycles. The molecule has 0 radical (unpaired) electrons. The summed E-state index contributed by atoms with van der Waals surface area (Å²) in [4.78, 5) is 12.1. The van der Waals surface area contributed by atoms with Crippen LogP contribution >= 0.6 is 11.6 Å². The molecule has 2 N–H and O–H groups in total. The maximum Gasteiger partial charge on any atom is 0.323 e. The van der Waals surface area contributed by atoms with Gasteiger partial charge >= 0.3 is 6.03 Å². The van der Waals surface area contributed by atoms with E-state index < -0.39 is 0 Å². The van der Waals surface area contributed by atoms with Crippen molar-refractivity contribution in [2.75, 3.05) is 10.6 Å². The molecule has 0 aliphatic rings. The Hall–Kier alpha value is -2.00. The molecule has 0 aliphatic carbocycles. The monoisotopic (exact) mass is 316 g/mol. The molecular formula is C18H21ClN2O. The van der Waals surface area contributed by atoms with Crippen LogP contribution < -0.4 is 10.6 Å². The average molecular weight is 317 g/mol. The first-order valence-corrected chi connectivity index (χ1v) is 7.59. The van der Waals surface area contributed by atoms with Gasteiger partial charge < -0.3 is 10.6 Å². The number of halogens is 1. The van der Waals surface area contributed by atoms with Crippen molar-refractivity contribution in [3.8, 4) is 0 Å². The number of carbonyl (C=O) groups is 1. The van der Waals surface area contributed by atoms with Crippen LogP contribution in [0.5, 0.6) is 0 Å². The van der Waals surface area contributed by atoms with Crippen molar-refractivity contribution < 1.29 is 4.79 Å². The highest BCUT2D eigenvalue weighted by atomic mass is 35.5.